The first-order chi connectivity index (χ1) is 9.65. The van der Waals surface area contributed by atoms with Crippen LogP contribution in [-0.4, -0.2) is 22.9 Å². The second kappa shape index (κ2) is 5.72. The molecule has 1 aliphatic rings. The molecule has 0 radical (unpaired) electrons. The number of alkyl halides is 1. The summed E-state index contributed by atoms with van der Waals surface area (Å²) in [6.07, 6.45) is 2.50. The van der Waals surface area contributed by atoms with Crippen LogP contribution in [0.25, 0.3) is 10.9 Å². The largest absolute Gasteiger partial charge is 0.356 e. The molecule has 106 valence electrons. The number of benzene rings is 1. The predicted octanol–water partition coefficient (Wildman–Crippen LogP) is 4.54. The first-order valence-corrected chi connectivity index (χ1v) is 8.32. The van der Waals surface area contributed by atoms with Gasteiger partial charge in [-0.1, -0.05) is 41.1 Å². The molecular weight excluding hydrogens is 312 g/mol. The number of para-hydroxylation sites is 1. The maximum atomic E-state index is 4.88. The molecular formula is C17H21BrN2. The van der Waals surface area contributed by atoms with E-state index in [4.69, 9.17) is 4.98 Å². The Morgan fingerprint density at radius 3 is 2.65 bits per heavy atom. The van der Waals surface area contributed by atoms with Gasteiger partial charge in [0.15, 0.2) is 0 Å². The van der Waals surface area contributed by atoms with Crippen LogP contribution in [0.5, 0.6) is 0 Å². The molecule has 1 saturated heterocycles. The molecule has 2 nitrogen and oxygen atoms in total. The van der Waals surface area contributed by atoms with Crippen molar-refractivity contribution in [3.05, 3.63) is 35.9 Å². The number of nitrogens with zero attached hydrogens (tertiary/aromatic N) is 2. The lowest BCUT2D eigenvalue weighted by Crippen LogP contribution is -2.36. The van der Waals surface area contributed by atoms with Gasteiger partial charge in [-0.25, -0.2) is 4.98 Å². The molecule has 3 heteroatoms. The Morgan fingerprint density at radius 1 is 1.25 bits per heavy atom. The third-order valence-corrected chi connectivity index (χ3v) is 5.12. The Bertz CT molecular complexity index is 601. The molecule has 1 aromatic heterocycles. The van der Waals surface area contributed by atoms with Crippen LogP contribution >= 0.6 is 15.9 Å². The fourth-order valence-electron chi connectivity index (χ4n) is 3.10. The lowest BCUT2D eigenvalue weighted by molar-refractivity contribution is 0.405. The number of piperidine rings is 1. The molecule has 1 unspecified atom stereocenters. The second-order valence-electron chi connectivity index (χ2n) is 5.82. The fraction of sp³-hybridized carbons (Fsp3) is 0.471. The van der Waals surface area contributed by atoms with Crippen molar-refractivity contribution in [1.29, 1.82) is 0 Å². The number of fused-ring (bicyclic) bond motifs is 1. The highest BCUT2D eigenvalue weighted by molar-refractivity contribution is 9.09. The van der Waals surface area contributed by atoms with Gasteiger partial charge in [-0.15, -0.1) is 0 Å². The van der Waals surface area contributed by atoms with E-state index < -0.39 is 0 Å². The summed E-state index contributed by atoms with van der Waals surface area (Å²) in [7, 11) is 0. The van der Waals surface area contributed by atoms with E-state index in [1.54, 1.807) is 0 Å². The summed E-state index contributed by atoms with van der Waals surface area (Å²) < 4.78 is 0. The summed E-state index contributed by atoms with van der Waals surface area (Å²) in [6.45, 7) is 6.67. The standard InChI is InChI=1S/C17H21BrN2/c1-12-11-15-5-3-4-6-16(15)19-17(12)20-9-7-14(8-10-20)13(2)18/h3-6,11,13-14H,7-10H2,1-2H3. The van der Waals surface area contributed by atoms with Crippen molar-refractivity contribution < 1.29 is 0 Å². The van der Waals surface area contributed by atoms with Crippen molar-refractivity contribution >= 4 is 32.7 Å². The summed E-state index contributed by atoms with van der Waals surface area (Å²) in [4.78, 5) is 7.96. The van der Waals surface area contributed by atoms with Gasteiger partial charge in [-0.2, -0.15) is 0 Å². The van der Waals surface area contributed by atoms with Gasteiger partial charge in [0.2, 0.25) is 0 Å². The molecule has 2 heterocycles. The quantitative estimate of drug-likeness (QED) is 0.750. The zero-order valence-electron chi connectivity index (χ0n) is 12.1. The summed E-state index contributed by atoms with van der Waals surface area (Å²) in [5.41, 5.74) is 2.39. The van der Waals surface area contributed by atoms with Crippen LogP contribution in [0.15, 0.2) is 30.3 Å². The van der Waals surface area contributed by atoms with E-state index in [1.807, 2.05) is 0 Å². The van der Waals surface area contributed by atoms with Gasteiger partial charge < -0.3 is 4.90 Å². The van der Waals surface area contributed by atoms with Crippen LogP contribution in [0.2, 0.25) is 0 Å². The van der Waals surface area contributed by atoms with Crippen molar-refractivity contribution in [3.63, 3.8) is 0 Å². The highest BCUT2D eigenvalue weighted by Gasteiger charge is 2.24. The predicted molar refractivity (Wildman–Crippen MR) is 89.8 cm³/mol. The van der Waals surface area contributed by atoms with E-state index in [1.165, 1.54) is 29.6 Å². The number of hydrogen-bond donors (Lipinski definition) is 0. The normalized spacial score (nSPS) is 18.4. The Morgan fingerprint density at radius 2 is 1.95 bits per heavy atom. The summed E-state index contributed by atoms with van der Waals surface area (Å²) in [5.74, 6) is 1.97. The second-order valence-corrected chi connectivity index (χ2v) is 7.27. The van der Waals surface area contributed by atoms with Crippen molar-refractivity contribution in [1.82, 2.24) is 4.98 Å². The van der Waals surface area contributed by atoms with E-state index in [0.29, 0.717) is 4.83 Å². The molecule has 0 aliphatic carbocycles. The van der Waals surface area contributed by atoms with E-state index in [9.17, 15) is 0 Å². The molecule has 1 aliphatic heterocycles. The molecule has 0 bridgehead atoms. The number of aryl methyl sites for hydroxylation is 1. The molecule has 0 N–H and O–H groups in total. The zero-order chi connectivity index (χ0) is 14.1. The topological polar surface area (TPSA) is 16.1 Å². The molecule has 3 rings (SSSR count). The first-order valence-electron chi connectivity index (χ1n) is 7.40. The van der Waals surface area contributed by atoms with Crippen LogP contribution in [0.3, 0.4) is 0 Å². The van der Waals surface area contributed by atoms with Gasteiger partial charge in [0.05, 0.1) is 5.52 Å². The van der Waals surface area contributed by atoms with Crippen molar-refractivity contribution in [3.8, 4) is 0 Å². The van der Waals surface area contributed by atoms with Crippen molar-refractivity contribution in [2.75, 3.05) is 18.0 Å². The minimum Gasteiger partial charge on any atom is -0.356 e. The van der Waals surface area contributed by atoms with Crippen LogP contribution < -0.4 is 4.90 Å². The average Bonchev–Trinajstić information content (AvgIpc) is 2.46. The van der Waals surface area contributed by atoms with Crippen molar-refractivity contribution in [2.45, 2.75) is 31.5 Å². The minimum absolute atomic E-state index is 0.621. The fourth-order valence-corrected chi connectivity index (χ4v) is 3.63. The van der Waals surface area contributed by atoms with Crippen LogP contribution in [0.4, 0.5) is 5.82 Å². The third kappa shape index (κ3) is 2.69. The van der Waals surface area contributed by atoms with Gasteiger partial charge in [-0.05, 0) is 43.4 Å². The number of rotatable bonds is 2. The number of pyridine rings is 1. The van der Waals surface area contributed by atoms with Gasteiger partial charge in [0, 0.05) is 23.3 Å². The van der Waals surface area contributed by atoms with E-state index in [-0.39, 0.29) is 0 Å². The van der Waals surface area contributed by atoms with Crippen LogP contribution in [-0.2, 0) is 0 Å². The Hall–Kier alpha value is -1.09. The minimum atomic E-state index is 0.621. The Balaban J connectivity index is 1.86. The number of hydrogen-bond acceptors (Lipinski definition) is 2. The van der Waals surface area contributed by atoms with Gasteiger partial charge in [-0.3, -0.25) is 0 Å². The van der Waals surface area contributed by atoms with Crippen LogP contribution in [0.1, 0.15) is 25.3 Å². The molecule has 1 atom stereocenters. The third-order valence-electron chi connectivity index (χ3n) is 4.38. The summed E-state index contributed by atoms with van der Waals surface area (Å²) >= 11 is 3.72. The molecule has 2 aromatic rings. The molecule has 1 aromatic carbocycles. The molecule has 0 spiro atoms. The zero-order valence-corrected chi connectivity index (χ0v) is 13.7. The molecule has 1 fully saturated rings. The number of halogens is 1. The SMILES string of the molecule is Cc1cc2ccccc2nc1N1CCC(C(C)Br)CC1. The van der Waals surface area contributed by atoms with E-state index in [2.05, 4.69) is 65.0 Å². The lowest BCUT2D eigenvalue weighted by atomic mass is 9.94. The summed E-state index contributed by atoms with van der Waals surface area (Å²) in [6, 6.07) is 10.6. The molecule has 20 heavy (non-hydrogen) atoms. The highest BCUT2D eigenvalue weighted by atomic mass is 79.9. The van der Waals surface area contributed by atoms with Gasteiger partial charge >= 0.3 is 0 Å². The average molecular weight is 333 g/mol. The Labute approximate surface area is 129 Å². The molecule has 0 amide bonds. The molecule has 0 saturated carbocycles. The van der Waals surface area contributed by atoms with Crippen molar-refractivity contribution in [2.24, 2.45) is 5.92 Å². The van der Waals surface area contributed by atoms with E-state index in [0.717, 1.165) is 24.5 Å². The monoisotopic (exact) mass is 332 g/mol. The smallest absolute Gasteiger partial charge is 0.132 e. The number of aromatic nitrogens is 1. The highest BCUT2D eigenvalue weighted by Crippen LogP contribution is 2.30. The van der Waals surface area contributed by atoms with Gasteiger partial charge in [0.25, 0.3) is 0 Å². The summed E-state index contributed by atoms with van der Waals surface area (Å²) in [5, 5.41) is 1.23. The first kappa shape index (κ1) is 13.9. The maximum absolute atomic E-state index is 4.88. The Kier molecular flexibility index (Phi) is 3.97. The van der Waals surface area contributed by atoms with Gasteiger partial charge in [0.1, 0.15) is 5.82 Å². The number of anilines is 1. The lowest BCUT2D eigenvalue weighted by Gasteiger charge is -2.34. The maximum Gasteiger partial charge on any atom is 0.132 e. The van der Waals surface area contributed by atoms with E-state index >= 15 is 0 Å². The van der Waals surface area contributed by atoms with Crippen LogP contribution in [0, 0.1) is 12.8 Å².